The number of nitrogens with zero attached hydrogens (tertiary/aromatic N) is 2. The molecule has 0 aromatic heterocycles. The molecule has 1 N–H and O–H groups in total. The van der Waals surface area contributed by atoms with Gasteiger partial charge in [-0.2, -0.15) is 10.4 Å². The van der Waals surface area contributed by atoms with E-state index in [1.807, 2.05) is 12.1 Å². The number of carbonyl (C=O) groups is 1. The van der Waals surface area contributed by atoms with Gasteiger partial charge >= 0.3 is 0 Å². The SMILES string of the molecule is CC(=NNC(=O)c1ccc(COc2cc(C)ccc2C(C)C)cc1)c1ccc(C#N)cc1. The first-order valence-corrected chi connectivity index (χ1v) is 10.5. The molecule has 3 aromatic carbocycles. The molecule has 0 heterocycles. The fourth-order valence-electron chi connectivity index (χ4n) is 3.21. The third-order valence-corrected chi connectivity index (χ3v) is 5.16. The van der Waals surface area contributed by atoms with Gasteiger partial charge in [-0.3, -0.25) is 4.79 Å². The van der Waals surface area contributed by atoms with Crippen molar-refractivity contribution in [2.24, 2.45) is 5.10 Å². The smallest absolute Gasteiger partial charge is 0.271 e. The zero-order valence-electron chi connectivity index (χ0n) is 18.8. The maximum Gasteiger partial charge on any atom is 0.271 e. The number of nitriles is 1. The molecular formula is C27H27N3O2. The lowest BCUT2D eigenvalue weighted by molar-refractivity contribution is 0.0954. The number of rotatable bonds is 7. The van der Waals surface area contributed by atoms with E-state index in [0.29, 0.717) is 29.4 Å². The Hall–Kier alpha value is -3.91. The molecule has 0 bridgehead atoms. The first kappa shape index (κ1) is 22.8. The average Bonchev–Trinajstić information content (AvgIpc) is 2.81. The van der Waals surface area contributed by atoms with Crippen molar-refractivity contribution in [2.45, 2.75) is 40.2 Å². The van der Waals surface area contributed by atoms with E-state index in [0.717, 1.165) is 22.4 Å². The average molecular weight is 426 g/mol. The van der Waals surface area contributed by atoms with Crippen LogP contribution in [0.3, 0.4) is 0 Å². The van der Waals surface area contributed by atoms with Crippen molar-refractivity contribution in [3.05, 3.63) is 100 Å². The normalized spacial score (nSPS) is 11.2. The second-order valence-corrected chi connectivity index (χ2v) is 8.01. The van der Waals surface area contributed by atoms with Crippen molar-refractivity contribution >= 4 is 11.6 Å². The minimum Gasteiger partial charge on any atom is -0.489 e. The molecule has 0 saturated carbocycles. The topological polar surface area (TPSA) is 74.5 Å². The Morgan fingerprint density at radius 3 is 2.31 bits per heavy atom. The summed E-state index contributed by atoms with van der Waals surface area (Å²) in [6.45, 7) is 8.59. The number of amides is 1. The van der Waals surface area contributed by atoms with Crippen LogP contribution in [0.2, 0.25) is 0 Å². The first-order valence-electron chi connectivity index (χ1n) is 10.5. The molecular weight excluding hydrogens is 398 g/mol. The molecule has 0 atom stereocenters. The van der Waals surface area contributed by atoms with E-state index in [2.05, 4.69) is 55.6 Å². The molecule has 32 heavy (non-hydrogen) atoms. The molecule has 0 aliphatic rings. The van der Waals surface area contributed by atoms with Crippen molar-refractivity contribution < 1.29 is 9.53 Å². The van der Waals surface area contributed by atoms with Crippen LogP contribution in [0.5, 0.6) is 5.75 Å². The van der Waals surface area contributed by atoms with Crippen LogP contribution in [0, 0.1) is 18.3 Å². The number of benzene rings is 3. The summed E-state index contributed by atoms with van der Waals surface area (Å²) in [5.74, 6) is 0.991. The van der Waals surface area contributed by atoms with Gasteiger partial charge in [-0.05, 0) is 72.4 Å². The second kappa shape index (κ2) is 10.4. The minimum atomic E-state index is -0.286. The molecule has 3 rings (SSSR count). The molecule has 0 radical (unpaired) electrons. The maximum atomic E-state index is 12.4. The molecule has 0 spiro atoms. The van der Waals surface area contributed by atoms with Crippen LogP contribution in [-0.2, 0) is 6.61 Å². The fraction of sp³-hybridized carbons (Fsp3) is 0.222. The van der Waals surface area contributed by atoms with Crippen LogP contribution < -0.4 is 10.2 Å². The van der Waals surface area contributed by atoms with E-state index in [1.165, 1.54) is 5.56 Å². The molecule has 0 saturated heterocycles. The summed E-state index contributed by atoms with van der Waals surface area (Å²) in [5.41, 5.74) is 8.51. The Bertz CT molecular complexity index is 1160. The van der Waals surface area contributed by atoms with E-state index in [-0.39, 0.29) is 5.91 Å². The number of nitrogens with one attached hydrogen (secondary N) is 1. The highest BCUT2D eigenvalue weighted by molar-refractivity contribution is 6.00. The number of hydrogen-bond donors (Lipinski definition) is 1. The van der Waals surface area contributed by atoms with E-state index in [1.54, 1.807) is 43.3 Å². The lowest BCUT2D eigenvalue weighted by atomic mass is 10.0. The van der Waals surface area contributed by atoms with Gasteiger partial charge in [0.15, 0.2) is 0 Å². The third kappa shape index (κ3) is 5.83. The highest BCUT2D eigenvalue weighted by Crippen LogP contribution is 2.28. The standard InChI is InChI=1S/C27H27N3O2/c1-18(2)25-14-5-19(3)15-26(25)32-17-22-8-12-24(13-9-22)27(31)30-29-20(4)23-10-6-21(16-28)7-11-23/h5-15,18H,17H2,1-4H3,(H,30,31). The Balaban J connectivity index is 1.61. The number of aryl methyl sites for hydroxylation is 1. The van der Waals surface area contributed by atoms with Crippen LogP contribution in [0.1, 0.15) is 64.9 Å². The van der Waals surface area contributed by atoms with Crippen molar-refractivity contribution in [2.75, 3.05) is 0 Å². The zero-order chi connectivity index (χ0) is 23.1. The quantitative estimate of drug-likeness (QED) is 0.388. The molecule has 0 unspecified atom stereocenters. The van der Waals surface area contributed by atoms with Crippen molar-refractivity contribution in [1.29, 1.82) is 5.26 Å². The molecule has 0 fully saturated rings. The summed E-state index contributed by atoms with van der Waals surface area (Å²) in [6, 6.07) is 22.7. The summed E-state index contributed by atoms with van der Waals surface area (Å²) in [5, 5.41) is 13.0. The number of hydrazone groups is 1. The van der Waals surface area contributed by atoms with Crippen LogP contribution in [0.25, 0.3) is 0 Å². The minimum absolute atomic E-state index is 0.286. The summed E-state index contributed by atoms with van der Waals surface area (Å²) < 4.78 is 6.07. The molecule has 0 aliphatic heterocycles. The number of carbonyl (C=O) groups excluding carboxylic acids is 1. The van der Waals surface area contributed by atoms with Gasteiger partial charge in [-0.1, -0.05) is 50.2 Å². The van der Waals surface area contributed by atoms with Gasteiger partial charge in [0.25, 0.3) is 5.91 Å². The number of hydrogen-bond acceptors (Lipinski definition) is 4. The fourth-order valence-corrected chi connectivity index (χ4v) is 3.21. The van der Waals surface area contributed by atoms with Crippen LogP contribution in [-0.4, -0.2) is 11.6 Å². The number of ether oxygens (including phenoxy) is 1. The molecule has 3 aromatic rings. The Morgan fingerprint density at radius 2 is 1.69 bits per heavy atom. The monoisotopic (exact) mass is 425 g/mol. The summed E-state index contributed by atoms with van der Waals surface area (Å²) in [7, 11) is 0. The van der Waals surface area contributed by atoms with E-state index < -0.39 is 0 Å². The lowest BCUT2D eigenvalue weighted by Gasteiger charge is -2.15. The van der Waals surface area contributed by atoms with Crippen molar-refractivity contribution in [1.82, 2.24) is 5.43 Å². The molecule has 0 aliphatic carbocycles. The van der Waals surface area contributed by atoms with Gasteiger partial charge in [0, 0.05) is 5.56 Å². The molecule has 5 nitrogen and oxygen atoms in total. The lowest BCUT2D eigenvalue weighted by Crippen LogP contribution is -2.19. The van der Waals surface area contributed by atoms with E-state index in [4.69, 9.17) is 10.00 Å². The van der Waals surface area contributed by atoms with Gasteiger partial charge in [-0.25, -0.2) is 5.43 Å². The molecule has 5 heteroatoms. The van der Waals surface area contributed by atoms with E-state index >= 15 is 0 Å². The predicted molar refractivity (Wildman–Crippen MR) is 127 cm³/mol. The van der Waals surface area contributed by atoms with Gasteiger partial charge in [0.2, 0.25) is 0 Å². The first-order chi connectivity index (χ1) is 15.4. The highest BCUT2D eigenvalue weighted by Gasteiger charge is 2.09. The van der Waals surface area contributed by atoms with Crippen LogP contribution in [0.15, 0.2) is 71.8 Å². The Morgan fingerprint density at radius 1 is 1.03 bits per heavy atom. The van der Waals surface area contributed by atoms with Crippen molar-refractivity contribution in [3.8, 4) is 11.8 Å². The predicted octanol–water partition coefficient (Wildman–Crippen LogP) is 5.72. The largest absolute Gasteiger partial charge is 0.489 e. The molecule has 1 amide bonds. The Kier molecular flexibility index (Phi) is 7.41. The van der Waals surface area contributed by atoms with E-state index in [9.17, 15) is 4.79 Å². The van der Waals surface area contributed by atoms with Crippen LogP contribution in [0.4, 0.5) is 0 Å². The molecule has 162 valence electrons. The summed E-state index contributed by atoms with van der Waals surface area (Å²) in [6.07, 6.45) is 0. The van der Waals surface area contributed by atoms with Crippen LogP contribution >= 0.6 is 0 Å². The van der Waals surface area contributed by atoms with Crippen molar-refractivity contribution in [3.63, 3.8) is 0 Å². The second-order valence-electron chi connectivity index (χ2n) is 8.01. The summed E-state index contributed by atoms with van der Waals surface area (Å²) in [4.78, 5) is 12.4. The summed E-state index contributed by atoms with van der Waals surface area (Å²) >= 11 is 0. The maximum absolute atomic E-state index is 12.4. The highest BCUT2D eigenvalue weighted by atomic mass is 16.5. The Labute approximate surface area is 189 Å². The zero-order valence-corrected chi connectivity index (χ0v) is 18.8. The third-order valence-electron chi connectivity index (χ3n) is 5.16. The van der Waals surface area contributed by atoms with Gasteiger partial charge in [-0.15, -0.1) is 0 Å². The van der Waals surface area contributed by atoms with Gasteiger partial charge < -0.3 is 4.74 Å². The van der Waals surface area contributed by atoms with Gasteiger partial charge in [0.1, 0.15) is 12.4 Å². The van der Waals surface area contributed by atoms with Gasteiger partial charge in [0.05, 0.1) is 17.3 Å².